The van der Waals surface area contributed by atoms with Crippen LogP contribution < -0.4 is 4.90 Å². The highest BCUT2D eigenvalue weighted by Gasteiger charge is 1.91. The zero-order valence-electron chi connectivity index (χ0n) is 5.96. The number of rotatable bonds is 1. The maximum absolute atomic E-state index is 4.86. The number of hydrogen-bond acceptors (Lipinski definition) is 3. The van der Waals surface area contributed by atoms with Crippen molar-refractivity contribution in [2.45, 2.75) is 0 Å². The fourth-order valence-electron chi connectivity index (χ4n) is 0.616. The van der Waals surface area contributed by atoms with E-state index in [2.05, 4.69) is 9.97 Å². The first-order valence-electron chi connectivity index (χ1n) is 2.92. The summed E-state index contributed by atoms with van der Waals surface area (Å²) in [5.74, 6) is 0.972. The third kappa shape index (κ3) is 1.54. The van der Waals surface area contributed by atoms with Gasteiger partial charge in [0.15, 0.2) is 0 Å². The highest BCUT2D eigenvalue weighted by atomic mass is 32.1. The van der Waals surface area contributed by atoms with Crippen molar-refractivity contribution in [3.8, 4) is 0 Å². The third-order valence-electron chi connectivity index (χ3n) is 1.15. The zero-order chi connectivity index (χ0) is 7.56. The van der Waals surface area contributed by atoms with Gasteiger partial charge in [0.05, 0.1) is 6.33 Å². The van der Waals surface area contributed by atoms with E-state index in [0.717, 1.165) is 5.82 Å². The highest BCUT2D eigenvalue weighted by molar-refractivity contribution is 7.71. The van der Waals surface area contributed by atoms with E-state index in [1.807, 2.05) is 25.1 Å². The first-order valence-corrected chi connectivity index (χ1v) is 3.33. The van der Waals surface area contributed by atoms with E-state index in [4.69, 9.17) is 12.2 Å². The monoisotopic (exact) mass is 155 g/mol. The summed E-state index contributed by atoms with van der Waals surface area (Å²) in [6.07, 6.45) is 1.59. The van der Waals surface area contributed by atoms with Crippen molar-refractivity contribution >= 4 is 18.0 Å². The molecule has 0 aliphatic heterocycles. The molecule has 4 heteroatoms. The molecule has 54 valence electrons. The van der Waals surface area contributed by atoms with Gasteiger partial charge in [-0.15, -0.1) is 0 Å². The van der Waals surface area contributed by atoms with Gasteiger partial charge in [0.2, 0.25) is 0 Å². The standard InChI is InChI=1S/C6H9N3S/c1-9(2)5-3-6(10)8-4-7-5/h3-4H,1-2H3,(H,7,8,10). The lowest BCUT2D eigenvalue weighted by molar-refractivity contribution is 1.03. The van der Waals surface area contributed by atoms with Crippen LogP contribution in [0.5, 0.6) is 0 Å². The molecule has 0 amide bonds. The molecule has 3 nitrogen and oxygen atoms in total. The normalized spacial score (nSPS) is 9.40. The first-order chi connectivity index (χ1) is 4.70. The van der Waals surface area contributed by atoms with Gasteiger partial charge in [0.25, 0.3) is 0 Å². The number of nitrogens with one attached hydrogen (secondary N) is 1. The van der Waals surface area contributed by atoms with E-state index in [1.165, 1.54) is 0 Å². The van der Waals surface area contributed by atoms with Gasteiger partial charge in [-0.2, -0.15) is 0 Å². The van der Waals surface area contributed by atoms with Gasteiger partial charge in [0.1, 0.15) is 10.5 Å². The van der Waals surface area contributed by atoms with E-state index in [-0.39, 0.29) is 0 Å². The fourth-order valence-corrected chi connectivity index (χ4v) is 0.780. The predicted octanol–water partition coefficient (Wildman–Crippen LogP) is 1.21. The SMILES string of the molecule is CN(C)c1cc(=S)nc[nH]1. The van der Waals surface area contributed by atoms with Crippen molar-refractivity contribution < 1.29 is 0 Å². The number of hydrogen-bond donors (Lipinski definition) is 1. The van der Waals surface area contributed by atoms with Crippen LogP contribution in [-0.4, -0.2) is 24.1 Å². The van der Waals surface area contributed by atoms with Gasteiger partial charge in [-0.25, -0.2) is 4.98 Å². The molecule has 1 aromatic rings. The Hall–Kier alpha value is -0.900. The zero-order valence-corrected chi connectivity index (χ0v) is 6.77. The Labute approximate surface area is 64.7 Å². The van der Waals surface area contributed by atoms with Crippen molar-refractivity contribution in [3.63, 3.8) is 0 Å². The summed E-state index contributed by atoms with van der Waals surface area (Å²) >= 11 is 4.86. The topological polar surface area (TPSA) is 31.9 Å². The lowest BCUT2D eigenvalue weighted by atomic mass is 10.5. The van der Waals surface area contributed by atoms with Crippen LogP contribution in [0.15, 0.2) is 12.4 Å². The lowest BCUT2D eigenvalue weighted by Gasteiger charge is -2.10. The predicted molar refractivity (Wildman–Crippen MR) is 43.7 cm³/mol. The molecule has 10 heavy (non-hydrogen) atoms. The van der Waals surface area contributed by atoms with Crippen molar-refractivity contribution in [1.82, 2.24) is 9.97 Å². The van der Waals surface area contributed by atoms with Crippen LogP contribution in [0.2, 0.25) is 0 Å². The molecule has 0 aliphatic carbocycles. The second-order valence-corrected chi connectivity index (χ2v) is 2.58. The van der Waals surface area contributed by atoms with Gasteiger partial charge in [-0.1, -0.05) is 12.2 Å². The summed E-state index contributed by atoms with van der Waals surface area (Å²) in [7, 11) is 3.89. The lowest BCUT2D eigenvalue weighted by Crippen LogP contribution is -2.10. The van der Waals surface area contributed by atoms with Crippen molar-refractivity contribution in [1.29, 1.82) is 0 Å². The van der Waals surface area contributed by atoms with Crippen LogP contribution in [-0.2, 0) is 0 Å². The molecule has 1 heterocycles. The van der Waals surface area contributed by atoms with Crippen molar-refractivity contribution in [2.24, 2.45) is 0 Å². The third-order valence-corrected chi connectivity index (χ3v) is 1.37. The van der Waals surface area contributed by atoms with Gasteiger partial charge in [-0.3, -0.25) is 0 Å². The van der Waals surface area contributed by atoms with Gasteiger partial charge >= 0.3 is 0 Å². The van der Waals surface area contributed by atoms with Crippen LogP contribution in [0.3, 0.4) is 0 Å². The minimum Gasteiger partial charge on any atom is -0.364 e. The summed E-state index contributed by atoms with van der Waals surface area (Å²) in [4.78, 5) is 8.75. The molecule has 0 saturated carbocycles. The average molecular weight is 155 g/mol. The van der Waals surface area contributed by atoms with E-state index >= 15 is 0 Å². The number of aromatic nitrogens is 2. The first kappa shape index (κ1) is 7.21. The Kier molecular flexibility index (Phi) is 2.01. The molecule has 0 saturated heterocycles. The second kappa shape index (κ2) is 2.79. The summed E-state index contributed by atoms with van der Waals surface area (Å²) in [5, 5.41) is 0. The quantitative estimate of drug-likeness (QED) is 0.618. The van der Waals surface area contributed by atoms with Crippen molar-refractivity contribution in [2.75, 3.05) is 19.0 Å². The fraction of sp³-hybridized carbons (Fsp3) is 0.333. The molecule has 0 fully saturated rings. The molecule has 0 aliphatic rings. The van der Waals surface area contributed by atoms with Gasteiger partial charge in [-0.05, 0) is 0 Å². The number of aromatic amines is 1. The van der Waals surface area contributed by atoms with Crippen LogP contribution in [0.1, 0.15) is 0 Å². The molecule has 0 unspecified atom stereocenters. The summed E-state index contributed by atoms with van der Waals surface area (Å²) in [6, 6.07) is 1.81. The van der Waals surface area contributed by atoms with E-state index in [1.54, 1.807) is 6.33 Å². The molecule has 0 aromatic carbocycles. The highest BCUT2D eigenvalue weighted by Crippen LogP contribution is 2.02. The van der Waals surface area contributed by atoms with Crippen LogP contribution in [0.4, 0.5) is 5.82 Å². The van der Waals surface area contributed by atoms with Gasteiger partial charge in [0, 0.05) is 20.2 Å². The maximum atomic E-state index is 4.86. The Balaban J connectivity index is 3.07. The minimum absolute atomic E-state index is 0.613. The Morgan fingerprint density at radius 2 is 2.30 bits per heavy atom. The summed E-state index contributed by atoms with van der Waals surface area (Å²) in [6.45, 7) is 0. The Morgan fingerprint density at radius 3 is 2.70 bits per heavy atom. The number of anilines is 1. The number of H-pyrrole nitrogens is 1. The van der Waals surface area contributed by atoms with Crippen molar-refractivity contribution in [3.05, 3.63) is 17.0 Å². The summed E-state index contributed by atoms with van der Waals surface area (Å²) < 4.78 is 0.613. The molecule has 0 bridgehead atoms. The smallest absolute Gasteiger partial charge is 0.131 e. The second-order valence-electron chi connectivity index (χ2n) is 2.16. The van der Waals surface area contributed by atoms with Gasteiger partial charge < -0.3 is 9.88 Å². The molecule has 0 radical (unpaired) electrons. The molecule has 1 N–H and O–H groups in total. The average Bonchev–Trinajstić information content (AvgIpc) is 1.88. The van der Waals surface area contributed by atoms with Crippen LogP contribution >= 0.6 is 12.2 Å². The molecule has 0 atom stereocenters. The molecular weight excluding hydrogens is 146 g/mol. The summed E-state index contributed by atoms with van der Waals surface area (Å²) in [5.41, 5.74) is 0. The number of nitrogens with zero attached hydrogens (tertiary/aromatic N) is 2. The molecule has 1 aromatic heterocycles. The molecule has 1 rings (SSSR count). The van der Waals surface area contributed by atoms with E-state index in [9.17, 15) is 0 Å². The largest absolute Gasteiger partial charge is 0.364 e. The Morgan fingerprint density at radius 1 is 1.60 bits per heavy atom. The van der Waals surface area contributed by atoms with E-state index < -0.39 is 0 Å². The molecular formula is C6H9N3S. The Bertz CT molecular complexity index is 266. The van der Waals surface area contributed by atoms with E-state index in [0.29, 0.717) is 4.64 Å². The maximum Gasteiger partial charge on any atom is 0.131 e. The minimum atomic E-state index is 0.613. The van der Waals surface area contributed by atoms with Crippen LogP contribution in [0.25, 0.3) is 0 Å². The molecule has 0 spiro atoms. The van der Waals surface area contributed by atoms with Crippen LogP contribution in [0, 0.1) is 4.64 Å².